The summed E-state index contributed by atoms with van der Waals surface area (Å²) in [6, 6.07) is 13.1. The van der Waals surface area contributed by atoms with E-state index in [0.717, 1.165) is 18.7 Å². The number of methoxy groups -OCH3 is 1. The van der Waals surface area contributed by atoms with E-state index in [1.54, 1.807) is 12.1 Å². The third-order valence-corrected chi connectivity index (χ3v) is 4.82. The quantitative estimate of drug-likeness (QED) is 0.818. The number of phenolic OH excluding ortho intramolecular Hbond substituents is 1. The number of nitrogens with zero attached hydrogens (tertiary/aromatic N) is 1. The van der Waals surface area contributed by atoms with Gasteiger partial charge in [-0.15, -0.1) is 0 Å². The minimum atomic E-state index is -0.305. The summed E-state index contributed by atoms with van der Waals surface area (Å²) in [5, 5.41) is 13.1. The number of hydrogen-bond donors (Lipinski definition) is 2. The van der Waals surface area contributed by atoms with Crippen molar-refractivity contribution >= 4 is 5.91 Å². The van der Waals surface area contributed by atoms with Crippen LogP contribution >= 0.6 is 0 Å². The molecule has 1 aliphatic heterocycles. The van der Waals surface area contributed by atoms with Crippen LogP contribution in [0.25, 0.3) is 0 Å². The number of aryl methyl sites for hydroxylation is 1. The molecule has 1 unspecified atom stereocenters. The zero-order chi connectivity index (χ0) is 19.2. The maximum Gasteiger partial charge on any atom is 0.255 e. The minimum Gasteiger partial charge on any atom is -0.507 e. The van der Waals surface area contributed by atoms with Crippen molar-refractivity contribution in [2.45, 2.75) is 13.0 Å². The van der Waals surface area contributed by atoms with Crippen molar-refractivity contribution < 1.29 is 19.4 Å². The second-order valence-electron chi connectivity index (χ2n) is 6.67. The Balaban J connectivity index is 1.75. The predicted molar refractivity (Wildman–Crippen MR) is 103 cm³/mol. The van der Waals surface area contributed by atoms with Crippen molar-refractivity contribution in [1.82, 2.24) is 10.2 Å². The van der Waals surface area contributed by atoms with E-state index in [9.17, 15) is 9.90 Å². The molecule has 1 aliphatic rings. The molecule has 1 saturated heterocycles. The molecular formula is C21H26N2O4. The Hall–Kier alpha value is -2.57. The number of phenols is 1. The number of nitrogens with one attached hydrogen (secondary N) is 1. The second-order valence-corrected chi connectivity index (χ2v) is 6.67. The number of carbonyl (C=O) groups is 1. The summed E-state index contributed by atoms with van der Waals surface area (Å²) < 4.78 is 10.5. The summed E-state index contributed by atoms with van der Waals surface area (Å²) in [7, 11) is 1.52. The highest BCUT2D eigenvalue weighted by Crippen LogP contribution is 2.25. The van der Waals surface area contributed by atoms with Gasteiger partial charge in [0.15, 0.2) is 0 Å². The molecule has 2 aromatic carbocycles. The van der Waals surface area contributed by atoms with Crippen molar-refractivity contribution in [3.63, 3.8) is 0 Å². The van der Waals surface area contributed by atoms with E-state index in [2.05, 4.69) is 35.3 Å². The van der Waals surface area contributed by atoms with Gasteiger partial charge in [-0.3, -0.25) is 9.69 Å². The van der Waals surface area contributed by atoms with Crippen molar-refractivity contribution in [3.05, 3.63) is 59.2 Å². The number of hydrogen-bond acceptors (Lipinski definition) is 5. The SMILES string of the molecule is COc1ccc(C(=O)NCC(c2cccc(C)c2)N2CCOCC2)c(O)c1. The molecule has 1 fully saturated rings. The van der Waals surface area contributed by atoms with Gasteiger partial charge in [0, 0.05) is 25.7 Å². The van der Waals surface area contributed by atoms with E-state index in [0.29, 0.717) is 25.5 Å². The van der Waals surface area contributed by atoms with Gasteiger partial charge in [-0.1, -0.05) is 29.8 Å². The molecule has 0 spiro atoms. The highest BCUT2D eigenvalue weighted by atomic mass is 16.5. The van der Waals surface area contributed by atoms with Crippen LogP contribution < -0.4 is 10.1 Å². The Kier molecular flexibility index (Phi) is 6.32. The molecule has 0 aliphatic carbocycles. The largest absolute Gasteiger partial charge is 0.507 e. The fourth-order valence-corrected chi connectivity index (χ4v) is 3.34. The zero-order valence-corrected chi connectivity index (χ0v) is 15.8. The lowest BCUT2D eigenvalue weighted by Gasteiger charge is -2.35. The van der Waals surface area contributed by atoms with Crippen LogP contribution in [0.15, 0.2) is 42.5 Å². The molecule has 2 N–H and O–H groups in total. The summed E-state index contributed by atoms with van der Waals surface area (Å²) in [6.07, 6.45) is 0. The lowest BCUT2D eigenvalue weighted by atomic mass is 10.0. The van der Waals surface area contributed by atoms with Gasteiger partial charge in [-0.2, -0.15) is 0 Å². The van der Waals surface area contributed by atoms with Crippen LogP contribution in [0.2, 0.25) is 0 Å². The monoisotopic (exact) mass is 370 g/mol. The van der Waals surface area contributed by atoms with Crippen molar-refractivity contribution in [3.8, 4) is 11.5 Å². The Bertz CT molecular complexity index is 788. The average Bonchev–Trinajstić information content (AvgIpc) is 2.68. The van der Waals surface area contributed by atoms with Gasteiger partial charge in [0.1, 0.15) is 11.5 Å². The molecule has 144 valence electrons. The van der Waals surface area contributed by atoms with Crippen LogP contribution in [0, 0.1) is 6.92 Å². The van der Waals surface area contributed by atoms with Gasteiger partial charge in [0.2, 0.25) is 0 Å². The van der Waals surface area contributed by atoms with Gasteiger partial charge < -0.3 is 19.9 Å². The van der Waals surface area contributed by atoms with Gasteiger partial charge >= 0.3 is 0 Å². The first-order chi connectivity index (χ1) is 13.1. The fraction of sp³-hybridized carbons (Fsp3) is 0.381. The second kappa shape index (κ2) is 8.88. The van der Waals surface area contributed by atoms with E-state index in [4.69, 9.17) is 9.47 Å². The summed E-state index contributed by atoms with van der Waals surface area (Å²) >= 11 is 0. The summed E-state index contributed by atoms with van der Waals surface area (Å²) in [4.78, 5) is 14.9. The molecule has 27 heavy (non-hydrogen) atoms. The molecule has 1 heterocycles. The maximum absolute atomic E-state index is 12.6. The number of morpholine rings is 1. The average molecular weight is 370 g/mol. The highest BCUT2D eigenvalue weighted by Gasteiger charge is 2.24. The lowest BCUT2D eigenvalue weighted by Crippen LogP contribution is -2.43. The lowest BCUT2D eigenvalue weighted by molar-refractivity contribution is 0.0162. The van der Waals surface area contributed by atoms with Gasteiger partial charge in [0.05, 0.1) is 31.9 Å². The highest BCUT2D eigenvalue weighted by molar-refractivity contribution is 5.97. The normalized spacial score (nSPS) is 15.9. The van der Waals surface area contributed by atoms with Gasteiger partial charge in [-0.25, -0.2) is 0 Å². The summed E-state index contributed by atoms with van der Waals surface area (Å²) in [5.41, 5.74) is 2.59. The molecule has 2 aromatic rings. The number of aromatic hydroxyl groups is 1. The van der Waals surface area contributed by atoms with Crippen LogP contribution in [0.4, 0.5) is 0 Å². The van der Waals surface area contributed by atoms with Crippen LogP contribution in [0.3, 0.4) is 0 Å². The van der Waals surface area contributed by atoms with Gasteiger partial charge in [0.25, 0.3) is 5.91 Å². The zero-order valence-electron chi connectivity index (χ0n) is 15.8. The number of ether oxygens (including phenoxy) is 2. The number of rotatable bonds is 6. The molecule has 0 bridgehead atoms. The van der Waals surface area contributed by atoms with Crippen molar-refractivity contribution in [2.24, 2.45) is 0 Å². The molecular weight excluding hydrogens is 344 g/mol. The first kappa shape index (κ1) is 19.2. The first-order valence-corrected chi connectivity index (χ1v) is 9.12. The molecule has 3 rings (SSSR count). The summed E-state index contributed by atoms with van der Waals surface area (Å²) in [6.45, 7) is 5.54. The smallest absolute Gasteiger partial charge is 0.255 e. The van der Waals surface area contributed by atoms with E-state index in [-0.39, 0.29) is 23.3 Å². The molecule has 0 aromatic heterocycles. The Morgan fingerprint density at radius 3 is 2.70 bits per heavy atom. The van der Waals surface area contributed by atoms with E-state index < -0.39 is 0 Å². The van der Waals surface area contributed by atoms with Crippen LogP contribution in [0.1, 0.15) is 27.5 Å². The van der Waals surface area contributed by atoms with Crippen LogP contribution in [0.5, 0.6) is 11.5 Å². The van der Waals surface area contributed by atoms with E-state index in [1.165, 1.54) is 18.7 Å². The third-order valence-electron chi connectivity index (χ3n) is 4.82. The van der Waals surface area contributed by atoms with E-state index >= 15 is 0 Å². The molecule has 6 heteroatoms. The van der Waals surface area contributed by atoms with E-state index in [1.807, 2.05) is 6.07 Å². The minimum absolute atomic E-state index is 0.0538. The van der Waals surface area contributed by atoms with Crippen LogP contribution in [-0.4, -0.2) is 55.9 Å². The first-order valence-electron chi connectivity index (χ1n) is 9.12. The number of benzene rings is 2. The molecule has 1 amide bonds. The molecule has 0 radical (unpaired) electrons. The number of carbonyl (C=O) groups excluding carboxylic acids is 1. The maximum atomic E-state index is 12.6. The Morgan fingerprint density at radius 2 is 2.04 bits per heavy atom. The predicted octanol–water partition coefficient (Wildman–Crippen LogP) is 2.51. The van der Waals surface area contributed by atoms with Crippen LogP contribution in [-0.2, 0) is 4.74 Å². The fourth-order valence-electron chi connectivity index (χ4n) is 3.34. The number of amides is 1. The van der Waals surface area contributed by atoms with Gasteiger partial charge in [-0.05, 0) is 24.6 Å². The summed E-state index contributed by atoms with van der Waals surface area (Å²) in [5.74, 6) is 0.112. The van der Waals surface area contributed by atoms with Crippen molar-refractivity contribution in [2.75, 3.05) is 40.0 Å². The van der Waals surface area contributed by atoms with Crippen molar-refractivity contribution in [1.29, 1.82) is 0 Å². The molecule has 1 atom stereocenters. The molecule has 0 saturated carbocycles. The Labute approximate surface area is 159 Å². The Morgan fingerprint density at radius 1 is 1.26 bits per heavy atom. The topological polar surface area (TPSA) is 71.0 Å². The standard InChI is InChI=1S/C21H26N2O4/c1-15-4-3-5-16(12-15)19(23-8-10-27-11-9-23)14-22-21(25)18-7-6-17(26-2)13-20(18)24/h3-7,12-13,19,24H,8-11,14H2,1-2H3,(H,22,25). The third kappa shape index (κ3) is 4.78. The molecule has 6 nitrogen and oxygen atoms in total.